The largest absolute Gasteiger partial charge is 0.396 e. The van der Waals surface area contributed by atoms with E-state index in [1.165, 1.54) is 0 Å². The van der Waals surface area contributed by atoms with E-state index in [0.717, 1.165) is 55.3 Å². The van der Waals surface area contributed by atoms with Crippen LogP contribution in [0.25, 0.3) is 11.4 Å². The number of aromatic nitrogens is 3. The van der Waals surface area contributed by atoms with Crippen molar-refractivity contribution in [3.63, 3.8) is 0 Å². The number of rotatable bonds is 8. The summed E-state index contributed by atoms with van der Waals surface area (Å²) in [6, 6.07) is 5.85. The summed E-state index contributed by atoms with van der Waals surface area (Å²) in [5.74, 6) is 1.66. The second-order valence-electron chi connectivity index (χ2n) is 5.34. The van der Waals surface area contributed by atoms with Gasteiger partial charge in [0.2, 0.25) is 0 Å². The highest BCUT2D eigenvalue weighted by Gasteiger charge is 2.11. The van der Waals surface area contributed by atoms with E-state index in [1.807, 2.05) is 25.1 Å². The molecule has 2 rings (SSSR count). The minimum atomic E-state index is 0.198. The number of aryl methyl sites for hydroxylation is 1. The van der Waals surface area contributed by atoms with Gasteiger partial charge in [-0.1, -0.05) is 13.3 Å². The van der Waals surface area contributed by atoms with Crippen LogP contribution in [0.5, 0.6) is 0 Å². The predicted octanol–water partition coefficient (Wildman–Crippen LogP) is 2.84. The topological polar surface area (TPSA) is 62.1 Å². The van der Waals surface area contributed by atoms with Gasteiger partial charge in [0, 0.05) is 49.4 Å². The number of unbranched alkanes of at least 4 members (excludes halogenated alkanes) is 1. The van der Waals surface area contributed by atoms with Gasteiger partial charge in [-0.3, -0.25) is 4.98 Å². The summed E-state index contributed by atoms with van der Waals surface area (Å²) in [6.45, 7) is 6.12. The molecule has 2 heterocycles. The van der Waals surface area contributed by atoms with E-state index >= 15 is 0 Å². The molecule has 0 radical (unpaired) electrons. The lowest BCUT2D eigenvalue weighted by atomic mass is 10.2. The standard InChI is InChI=1S/C17H24N4O/c1-3-4-10-21(11-5-12-22)16-13-14(2)19-17(20-16)15-6-8-18-9-7-15/h6-9,13,22H,3-5,10-12H2,1-2H3. The molecule has 118 valence electrons. The summed E-state index contributed by atoms with van der Waals surface area (Å²) in [7, 11) is 0. The molecule has 2 aromatic heterocycles. The number of aliphatic hydroxyl groups excluding tert-OH is 1. The fourth-order valence-electron chi connectivity index (χ4n) is 2.30. The van der Waals surface area contributed by atoms with Crippen LogP contribution < -0.4 is 4.90 Å². The van der Waals surface area contributed by atoms with E-state index < -0.39 is 0 Å². The molecular weight excluding hydrogens is 276 g/mol. The average Bonchev–Trinajstić information content (AvgIpc) is 2.55. The Morgan fingerprint density at radius 2 is 1.82 bits per heavy atom. The Balaban J connectivity index is 2.29. The maximum Gasteiger partial charge on any atom is 0.161 e. The molecule has 0 fully saturated rings. The van der Waals surface area contributed by atoms with Crippen molar-refractivity contribution < 1.29 is 5.11 Å². The summed E-state index contributed by atoms with van der Waals surface area (Å²) in [5, 5.41) is 9.11. The van der Waals surface area contributed by atoms with Crippen LogP contribution in [0.3, 0.4) is 0 Å². The van der Waals surface area contributed by atoms with E-state index in [4.69, 9.17) is 10.1 Å². The van der Waals surface area contributed by atoms with Crippen LogP contribution in [0.1, 0.15) is 31.9 Å². The lowest BCUT2D eigenvalue weighted by Gasteiger charge is -2.24. The molecule has 0 aliphatic heterocycles. The first kappa shape index (κ1) is 16.4. The van der Waals surface area contributed by atoms with Gasteiger partial charge < -0.3 is 10.0 Å². The molecule has 0 atom stereocenters. The number of anilines is 1. The minimum absolute atomic E-state index is 0.198. The summed E-state index contributed by atoms with van der Waals surface area (Å²) < 4.78 is 0. The highest BCUT2D eigenvalue weighted by molar-refractivity contribution is 5.57. The van der Waals surface area contributed by atoms with Gasteiger partial charge in [-0.05, 0) is 31.9 Å². The molecule has 2 aromatic rings. The second kappa shape index (κ2) is 8.44. The molecular formula is C17H24N4O. The Morgan fingerprint density at radius 3 is 2.50 bits per heavy atom. The Kier molecular flexibility index (Phi) is 6.27. The highest BCUT2D eigenvalue weighted by Crippen LogP contribution is 2.20. The van der Waals surface area contributed by atoms with Crippen LogP contribution in [0.15, 0.2) is 30.6 Å². The summed E-state index contributed by atoms with van der Waals surface area (Å²) >= 11 is 0. The molecule has 0 aromatic carbocycles. The maximum absolute atomic E-state index is 9.11. The molecule has 1 N–H and O–H groups in total. The summed E-state index contributed by atoms with van der Waals surface area (Å²) in [6.07, 6.45) is 6.50. The predicted molar refractivity (Wildman–Crippen MR) is 88.8 cm³/mol. The van der Waals surface area contributed by atoms with Crippen molar-refractivity contribution in [3.8, 4) is 11.4 Å². The van der Waals surface area contributed by atoms with Crippen LogP contribution in [-0.4, -0.2) is 39.8 Å². The van der Waals surface area contributed by atoms with Crippen molar-refractivity contribution in [2.24, 2.45) is 0 Å². The normalized spacial score (nSPS) is 10.7. The lowest BCUT2D eigenvalue weighted by Crippen LogP contribution is -2.27. The van der Waals surface area contributed by atoms with Gasteiger partial charge in [0.05, 0.1) is 0 Å². The highest BCUT2D eigenvalue weighted by atomic mass is 16.3. The molecule has 0 aliphatic carbocycles. The Labute approximate surface area is 132 Å². The van der Waals surface area contributed by atoms with Crippen LogP contribution >= 0.6 is 0 Å². The molecule has 5 heteroatoms. The van der Waals surface area contributed by atoms with E-state index in [2.05, 4.69) is 21.8 Å². The lowest BCUT2D eigenvalue weighted by molar-refractivity contribution is 0.289. The zero-order valence-electron chi connectivity index (χ0n) is 13.4. The molecule has 0 amide bonds. The van der Waals surface area contributed by atoms with E-state index in [1.54, 1.807) is 12.4 Å². The van der Waals surface area contributed by atoms with Crippen LogP contribution in [0.4, 0.5) is 5.82 Å². The third-order valence-corrected chi connectivity index (χ3v) is 3.47. The van der Waals surface area contributed by atoms with Crippen molar-refractivity contribution >= 4 is 5.82 Å². The Morgan fingerprint density at radius 1 is 1.09 bits per heavy atom. The summed E-state index contributed by atoms with van der Waals surface area (Å²) in [4.78, 5) is 15.5. The van der Waals surface area contributed by atoms with Crippen molar-refractivity contribution in [2.45, 2.75) is 33.1 Å². The maximum atomic E-state index is 9.11. The van der Waals surface area contributed by atoms with E-state index in [0.29, 0.717) is 0 Å². The van der Waals surface area contributed by atoms with Crippen molar-refractivity contribution in [3.05, 3.63) is 36.3 Å². The zero-order valence-corrected chi connectivity index (χ0v) is 13.4. The Hall–Kier alpha value is -2.01. The van der Waals surface area contributed by atoms with E-state index in [9.17, 15) is 0 Å². The second-order valence-corrected chi connectivity index (χ2v) is 5.34. The van der Waals surface area contributed by atoms with Gasteiger partial charge in [0.15, 0.2) is 5.82 Å². The molecule has 0 saturated carbocycles. The first-order chi connectivity index (χ1) is 10.7. The average molecular weight is 300 g/mol. The fraction of sp³-hybridized carbons (Fsp3) is 0.471. The first-order valence-electron chi connectivity index (χ1n) is 7.86. The van der Waals surface area contributed by atoms with Crippen molar-refractivity contribution in [1.29, 1.82) is 0 Å². The monoisotopic (exact) mass is 300 g/mol. The molecule has 0 spiro atoms. The fourth-order valence-corrected chi connectivity index (χ4v) is 2.30. The van der Waals surface area contributed by atoms with Crippen LogP contribution in [0, 0.1) is 6.92 Å². The first-order valence-corrected chi connectivity index (χ1v) is 7.86. The number of pyridine rings is 1. The molecule has 0 aliphatic rings. The van der Waals surface area contributed by atoms with Crippen LogP contribution in [-0.2, 0) is 0 Å². The van der Waals surface area contributed by atoms with Gasteiger partial charge in [-0.2, -0.15) is 0 Å². The smallest absolute Gasteiger partial charge is 0.161 e. The van der Waals surface area contributed by atoms with Crippen molar-refractivity contribution in [2.75, 3.05) is 24.6 Å². The van der Waals surface area contributed by atoms with Gasteiger partial charge in [0.25, 0.3) is 0 Å². The number of hydrogen-bond acceptors (Lipinski definition) is 5. The van der Waals surface area contributed by atoms with E-state index in [-0.39, 0.29) is 6.61 Å². The number of nitrogens with zero attached hydrogens (tertiary/aromatic N) is 4. The molecule has 5 nitrogen and oxygen atoms in total. The SMILES string of the molecule is CCCCN(CCCO)c1cc(C)nc(-c2ccncc2)n1. The molecule has 0 saturated heterocycles. The quantitative estimate of drug-likeness (QED) is 0.812. The Bertz CT molecular complexity index is 566. The summed E-state index contributed by atoms with van der Waals surface area (Å²) in [5.41, 5.74) is 1.92. The van der Waals surface area contributed by atoms with Gasteiger partial charge in [-0.25, -0.2) is 9.97 Å². The zero-order chi connectivity index (χ0) is 15.8. The molecule has 0 bridgehead atoms. The molecule has 0 unspecified atom stereocenters. The van der Waals surface area contributed by atoms with Gasteiger partial charge in [0.1, 0.15) is 5.82 Å². The van der Waals surface area contributed by atoms with Crippen LogP contribution in [0.2, 0.25) is 0 Å². The van der Waals surface area contributed by atoms with Crippen molar-refractivity contribution in [1.82, 2.24) is 15.0 Å². The van der Waals surface area contributed by atoms with Gasteiger partial charge in [-0.15, -0.1) is 0 Å². The number of hydrogen-bond donors (Lipinski definition) is 1. The molecule has 22 heavy (non-hydrogen) atoms. The third kappa shape index (κ3) is 4.49. The number of aliphatic hydroxyl groups is 1. The third-order valence-electron chi connectivity index (χ3n) is 3.47. The van der Waals surface area contributed by atoms with Gasteiger partial charge >= 0.3 is 0 Å². The minimum Gasteiger partial charge on any atom is -0.396 e.